The highest BCUT2D eigenvalue weighted by molar-refractivity contribution is 5.27. The largest absolute Gasteiger partial charge is 0.294 e. The minimum absolute atomic E-state index is 0.630. The zero-order chi connectivity index (χ0) is 50.8. The lowest BCUT2D eigenvalue weighted by atomic mass is 9.97. The zero-order valence-electron chi connectivity index (χ0n) is 49.9. The number of benzene rings is 1. The molecule has 1 rings (SSSR count). The van der Waals surface area contributed by atoms with E-state index in [1.807, 2.05) is 0 Å². The Hall–Kier alpha value is -0.860. The van der Waals surface area contributed by atoms with Crippen LogP contribution in [0.1, 0.15) is 375 Å². The van der Waals surface area contributed by atoms with Crippen LogP contribution in [0, 0.1) is 0 Å². The smallest absolute Gasteiger partial charge is 0.0242 e. The molecule has 1 aromatic carbocycles. The average molecular weight is 978 g/mol. The molecule has 4 unspecified atom stereocenters. The maximum atomic E-state index is 2.97. The molecule has 2 nitrogen and oxygen atoms in total. The molecule has 0 saturated carbocycles. The zero-order valence-corrected chi connectivity index (χ0v) is 49.9. The van der Waals surface area contributed by atoms with Crippen molar-refractivity contribution in [2.45, 2.75) is 401 Å². The minimum Gasteiger partial charge on any atom is -0.294 e. The molecule has 70 heavy (non-hydrogen) atoms. The molecule has 0 aliphatic carbocycles. The highest BCUT2D eigenvalue weighted by Gasteiger charge is 2.24. The summed E-state index contributed by atoms with van der Waals surface area (Å²) in [6, 6.07) is 12.3. The fraction of sp³-hybridized carbons (Fsp3) is 0.912. The maximum Gasteiger partial charge on any atom is 0.0242 e. The summed E-state index contributed by atoms with van der Waals surface area (Å²) < 4.78 is 0. The van der Waals surface area contributed by atoms with Gasteiger partial charge in [-0.1, -0.05) is 334 Å². The number of unbranched alkanes of at least 4 members (excludes halogenated alkanes) is 40. The first-order valence-electron chi connectivity index (χ1n) is 33.0. The Morgan fingerprint density at radius 2 is 0.400 bits per heavy atom. The molecular formula is C68H132N2. The number of hydrogen-bond acceptors (Lipinski definition) is 2. The van der Waals surface area contributed by atoms with E-state index in [1.165, 1.54) is 308 Å². The van der Waals surface area contributed by atoms with Crippen LogP contribution in [-0.2, 0) is 13.1 Å². The molecule has 4 atom stereocenters. The van der Waals surface area contributed by atoms with Crippen molar-refractivity contribution in [3.8, 4) is 0 Å². The normalized spacial score (nSPS) is 13.7. The van der Waals surface area contributed by atoms with E-state index in [-0.39, 0.29) is 0 Å². The van der Waals surface area contributed by atoms with Gasteiger partial charge in [-0.2, -0.15) is 0 Å². The summed E-state index contributed by atoms with van der Waals surface area (Å²) in [6.07, 6.45) is 68.3. The fourth-order valence-electron chi connectivity index (χ4n) is 11.8. The van der Waals surface area contributed by atoms with Gasteiger partial charge in [0.1, 0.15) is 0 Å². The van der Waals surface area contributed by atoms with Crippen molar-refractivity contribution in [2.24, 2.45) is 0 Å². The van der Waals surface area contributed by atoms with Gasteiger partial charge in [0.25, 0.3) is 0 Å². The van der Waals surface area contributed by atoms with Gasteiger partial charge in [-0.25, -0.2) is 0 Å². The van der Waals surface area contributed by atoms with E-state index < -0.39 is 0 Å². The second-order valence-corrected chi connectivity index (χ2v) is 23.8. The van der Waals surface area contributed by atoms with Gasteiger partial charge in [0, 0.05) is 37.3 Å². The van der Waals surface area contributed by atoms with Crippen molar-refractivity contribution < 1.29 is 0 Å². The molecule has 0 aromatic heterocycles. The van der Waals surface area contributed by atoms with Crippen LogP contribution >= 0.6 is 0 Å². The van der Waals surface area contributed by atoms with Crippen LogP contribution in [0.4, 0.5) is 0 Å². The van der Waals surface area contributed by atoms with Crippen LogP contribution < -0.4 is 0 Å². The third-order valence-electron chi connectivity index (χ3n) is 17.0. The highest BCUT2D eigenvalue weighted by Crippen LogP contribution is 2.27. The summed E-state index contributed by atoms with van der Waals surface area (Å²) >= 11 is 0. The Balaban J connectivity index is 2.98. The van der Waals surface area contributed by atoms with Crippen LogP contribution in [0.25, 0.3) is 0 Å². The van der Waals surface area contributed by atoms with E-state index in [0.29, 0.717) is 24.2 Å². The second kappa shape index (κ2) is 51.6. The summed E-state index contributed by atoms with van der Waals surface area (Å²) in [7, 11) is 0. The molecule has 0 amide bonds. The van der Waals surface area contributed by atoms with Crippen LogP contribution in [0.2, 0.25) is 0 Å². The predicted molar refractivity (Wildman–Crippen MR) is 320 cm³/mol. The van der Waals surface area contributed by atoms with Gasteiger partial charge in [0.15, 0.2) is 0 Å². The van der Waals surface area contributed by atoms with Crippen LogP contribution in [0.3, 0.4) is 0 Å². The molecule has 414 valence electrons. The molecule has 0 fully saturated rings. The van der Waals surface area contributed by atoms with E-state index in [1.54, 1.807) is 11.1 Å². The van der Waals surface area contributed by atoms with Crippen LogP contribution in [0.5, 0.6) is 0 Å². The quantitative estimate of drug-likeness (QED) is 0.0600. The lowest BCUT2D eigenvalue weighted by Gasteiger charge is -2.38. The lowest BCUT2D eigenvalue weighted by molar-refractivity contribution is 0.117. The average Bonchev–Trinajstić information content (AvgIpc) is 3.36. The fourth-order valence-corrected chi connectivity index (χ4v) is 11.8. The van der Waals surface area contributed by atoms with Crippen LogP contribution in [-0.4, -0.2) is 34.0 Å². The van der Waals surface area contributed by atoms with Crippen molar-refractivity contribution in [3.63, 3.8) is 0 Å². The van der Waals surface area contributed by atoms with Gasteiger partial charge in [-0.3, -0.25) is 9.80 Å². The van der Waals surface area contributed by atoms with E-state index >= 15 is 0 Å². The third-order valence-corrected chi connectivity index (χ3v) is 17.0. The Morgan fingerprint density at radius 1 is 0.243 bits per heavy atom. The molecule has 0 spiro atoms. The van der Waals surface area contributed by atoms with Gasteiger partial charge in [-0.05, 0) is 64.5 Å². The minimum atomic E-state index is 0.630. The lowest BCUT2D eigenvalue weighted by Crippen LogP contribution is -2.41. The maximum absolute atomic E-state index is 2.97. The first-order valence-corrected chi connectivity index (χ1v) is 33.0. The van der Waals surface area contributed by atoms with Crippen molar-refractivity contribution in [1.29, 1.82) is 0 Å². The molecule has 0 aliphatic heterocycles. The third kappa shape index (κ3) is 39.6. The Labute approximate surface area is 444 Å². The van der Waals surface area contributed by atoms with E-state index in [2.05, 4.69) is 89.5 Å². The van der Waals surface area contributed by atoms with Crippen molar-refractivity contribution >= 4 is 0 Å². The molecule has 0 heterocycles. The Kier molecular flexibility index (Phi) is 49.5. The Bertz CT molecular complexity index is 1010. The molecule has 0 radical (unpaired) electrons. The monoisotopic (exact) mass is 977 g/mol. The van der Waals surface area contributed by atoms with Crippen molar-refractivity contribution in [1.82, 2.24) is 9.80 Å². The topological polar surface area (TPSA) is 6.48 Å². The SMILES string of the molecule is CCCCCCCCCCCCCC(C)N(Cc1ccccc1CN(C(C)CCCCCCCCCCCCC)C(C)CCCCCCCCCCCCC)C(C)CCCCCCCCCCCCC. The standard InChI is InChI=1S/C68H132N2/c1-9-13-17-21-25-29-33-37-41-45-49-55-63(5)69(64(6)56-50-46-42-38-34-30-26-22-18-14-10-2)61-67-59-53-54-60-68(67)62-70(65(7)57-51-47-43-39-35-31-27-23-19-15-11-3)66(8)58-52-48-44-40-36-32-28-24-20-16-12-4/h53-54,59-60,63-66H,9-52,55-58,61-62H2,1-8H3. The first-order chi connectivity index (χ1) is 34.4. The number of nitrogens with zero attached hydrogens (tertiary/aromatic N) is 2. The summed E-state index contributed by atoms with van der Waals surface area (Å²) in [5.41, 5.74) is 3.21. The summed E-state index contributed by atoms with van der Waals surface area (Å²) in [4.78, 5) is 5.94. The van der Waals surface area contributed by atoms with Gasteiger partial charge in [0.2, 0.25) is 0 Å². The Morgan fingerprint density at radius 3 is 0.571 bits per heavy atom. The molecule has 0 saturated heterocycles. The van der Waals surface area contributed by atoms with Crippen molar-refractivity contribution in [3.05, 3.63) is 35.4 Å². The highest BCUT2D eigenvalue weighted by atomic mass is 15.2. The van der Waals surface area contributed by atoms with E-state index in [0.717, 1.165) is 13.1 Å². The molecule has 0 aliphatic rings. The van der Waals surface area contributed by atoms with Crippen molar-refractivity contribution in [2.75, 3.05) is 0 Å². The second-order valence-electron chi connectivity index (χ2n) is 23.8. The van der Waals surface area contributed by atoms with Gasteiger partial charge < -0.3 is 0 Å². The predicted octanol–water partition coefficient (Wildman–Crippen LogP) is 23.6. The number of hydrogen-bond donors (Lipinski definition) is 0. The van der Waals surface area contributed by atoms with E-state index in [9.17, 15) is 0 Å². The summed E-state index contributed by atoms with van der Waals surface area (Å²) in [5, 5.41) is 0. The summed E-state index contributed by atoms with van der Waals surface area (Å²) in [5.74, 6) is 0. The number of rotatable bonds is 56. The summed E-state index contributed by atoms with van der Waals surface area (Å²) in [6.45, 7) is 21.9. The van der Waals surface area contributed by atoms with Gasteiger partial charge >= 0.3 is 0 Å². The van der Waals surface area contributed by atoms with Crippen LogP contribution in [0.15, 0.2) is 24.3 Å². The molecule has 2 heteroatoms. The van der Waals surface area contributed by atoms with E-state index in [4.69, 9.17) is 0 Å². The molecular weight excluding hydrogens is 845 g/mol. The van der Waals surface area contributed by atoms with Gasteiger partial charge in [-0.15, -0.1) is 0 Å². The molecule has 1 aromatic rings. The first kappa shape index (κ1) is 67.2. The molecule has 0 bridgehead atoms. The van der Waals surface area contributed by atoms with Gasteiger partial charge in [0.05, 0.1) is 0 Å². The molecule has 0 N–H and O–H groups in total.